The van der Waals surface area contributed by atoms with Crippen molar-refractivity contribution in [1.82, 2.24) is 4.90 Å². The quantitative estimate of drug-likeness (QED) is 0.481. The molecule has 2 aliphatic rings. The van der Waals surface area contributed by atoms with Crippen molar-refractivity contribution < 1.29 is 9.59 Å². The molecule has 0 spiro atoms. The average molecular weight is 547 g/mol. The number of amidine groups is 1. The van der Waals surface area contributed by atoms with E-state index in [1.165, 1.54) is 11.8 Å². The van der Waals surface area contributed by atoms with Gasteiger partial charge < -0.3 is 5.32 Å². The number of amides is 2. The van der Waals surface area contributed by atoms with E-state index in [2.05, 4.69) is 47.8 Å². The standard InChI is InChI=1S/C24H26IN3O2S/c1-15-11-16(2)13-19(12-15)27-24-28(20-5-3-4-6-20)23(30)21(31-24)14-22(29)26-18-9-7-17(25)8-10-18/h7-13,20-21H,3-6,14H2,1-2H3,(H,26,29). The Morgan fingerprint density at radius 3 is 2.42 bits per heavy atom. The Bertz CT molecular complexity index is 996. The van der Waals surface area contributed by atoms with Gasteiger partial charge in [0, 0.05) is 21.7 Å². The highest BCUT2D eigenvalue weighted by Crippen LogP contribution is 2.37. The van der Waals surface area contributed by atoms with Crippen LogP contribution in [0.15, 0.2) is 47.5 Å². The van der Waals surface area contributed by atoms with Crippen molar-refractivity contribution in [2.75, 3.05) is 5.32 Å². The topological polar surface area (TPSA) is 61.8 Å². The summed E-state index contributed by atoms with van der Waals surface area (Å²) in [7, 11) is 0. The van der Waals surface area contributed by atoms with E-state index in [4.69, 9.17) is 4.99 Å². The second kappa shape index (κ2) is 9.73. The lowest BCUT2D eigenvalue weighted by Gasteiger charge is -2.23. The highest BCUT2D eigenvalue weighted by Gasteiger charge is 2.43. The van der Waals surface area contributed by atoms with Crippen molar-refractivity contribution in [2.24, 2.45) is 4.99 Å². The van der Waals surface area contributed by atoms with Crippen LogP contribution in [0.4, 0.5) is 11.4 Å². The van der Waals surface area contributed by atoms with Crippen molar-refractivity contribution in [3.05, 3.63) is 57.2 Å². The fourth-order valence-electron chi connectivity index (χ4n) is 4.23. The molecule has 7 heteroatoms. The molecule has 1 aliphatic carbocycles. The van der Waals surface area contributed by atoms with Gasteiger partial charge in [0.25, 0.3) is 0 Å². The molecule has 2 aromatic rings. The summed E-state index contributed by atoms with van der Waals surface area (Å²) in [6, 6.07) is 14.0. The van der Waals surface area contributed by atoms with E-state index >= 15 is 0 Å². The third kappa shape index (κ3) is 5.49. The van der Waals surface area contributed by atoms with Gasteiger partial charge in [-0.1, -0.05) is 30.7 Å². The summed E-state index contributed by atoms with van der Waals surface area (Å²) in [5, 5.41) is 3.21. The zero-order valence-corrected chi connectivity index (χ0v) is 20.7. The number of halogens is 1. The molecule has 1 saturated heterocycles. The Hall–Kier alpha value is -1.87. The summed E-state index contributed by atoms with van der Waals surface area (Å²) in [6.07, 6.45) is 4.41. The molecule has 2 aromatic carbocycles. The lowest BCUT2D eigenvalue weighted by atomic mass is 10.1. The molecule has 0 aromatic heterocycles. The van der Waals surface area contributed by atoms with Gasteiger partial charge in [0.05, 0.1) is 5.69 Å². The third-order valence-electron chi connectivity index (χ3n) is 5.59. The zero-order valence-electron chi connectivity index (χ0n) is 17.7. The van der Waals surface area contributed by atoms with Crippen LogP contribution in [0.1, 0.15) is 43.2 Å². The first kappa shape index (κ1) is 22.3. The molecule has 0 bridgehead atoms. The molecule has 2 fully saturated rings. The van der Waals surface area contributed by atoms with E-state index < -0.39 is 5.25 Å². The molecular formula is C24H26IN3O2S. The lowest BCUT2D eigenvalue weighted by Crippen LogP contribution is -2.40. The van der Waals surface area contributed by atoms with Crippen LogP contribution >= 0.6 is 34.4 Å². The largest absolute Gasteiger partial charge is 0.326 e. The minimum atomic E-state index is -0.436. The normalized spacial score (nSPS) is 20.6. The predicted octanol–water partition coefficient (Wildman–Crippen LogP) is 5.81. The number of carbonyl (C=O) groups is 2. The number of thioether (sulfide) groups is 1. The van der Waals surface area contributed by atoms with E-state index in [0.29, 0.717) is 0 Å². The number of benzene rings is 2. The number of hydrogen-bond donors (Lipinski definition) is 1. The lowest BCUT2D eigenvalue weighted by molar-refractivity contribution is -0.129. The smallest absolute Gasteiger partial charge is 0.242 e. The van der Waals surface area contributed by atoms with Gasteiger partial charge in [-0.15, -0.1) is 0 Å². The zero-order chi connectivity index (χ0) is 22.0. The van der Waals surface area contributed by atoms with E-state index in [-0.39, 0.29) is 24.3 Å². The molecular weight excluding hydrogens is 521 g/mol. The fourth-order valence-corrected chi connectivity index (χ4v) is 5.80. The first-order valence-electron chi connectivity index (χ1n) is 10.6. The van der Waals surface area contributed by atoms with E-state index in [1.807, 2.05) is 41.3 Å². The Morgan fingerprint density at radius 2 is 1.77 bits per heavy atom. The number of anilines is 1. The summed E-state index contributed by atoms with van der Waals surface area (Å²) in [6.45, 7) is 4.10. The van der Waals surface area contributed by atoms with E-state index in [1.54, 1.807) is 0 Å². The molecule has 5 nitrogen and oxygen atoms in total. The number of aryl methyl sites for hydroxylation is 2. The van der Waals surface area contributed by atoms with Gasteiger partial charge >= 0.3 is 0 Å². The highest BCUT2D eigenvalue weighted by atomic mass is 127. The Labute approximate surface area is 201 Å². The van der Waals surface area contributed by atoms with Gasteiger partial charge in [-0.05, 0) is 96.8 Å². The SMILES string of the molecule is Cc1cc(C)cc(N=C2SC(CC(=O)Nc3ccc(I)cc3)C(=O)N2C2CCCC2)c1. The molecule has 162 valence electrons. The van der Waals surface area contributed by atoms with Gasteiger partial charge in [0.2, 0.25) is 11.8 Å². The third-order valence-corrected chi connectivity index (χ3v) is 7.46. The van der Waals surface area contributed by atoms with Crippen LogP contribution in [0.25, 0.3) is 0 Å². The van der Waals surface area contributed by atoms with E-state index in [9.17, 15) is 9.59 Å². The monoisotopic (exact) mass is 547 g/mol. The van der Waals surface area contributed by atoms with Gasteiger partial charge in [0.1, 0.15) is 5.25 Å². The maximum Gasteiger partial charge on any atom is 0.242 e. The highest BCUT2D eigenvalue weighted by molar-refractivity contribution is 14.1. The summed E-state index contributed by atoms with van der Waals surface area (Å²) in [5.41, 5.74) is 3.90. The first-order chi connectivity index (χ1) is 14.9. The Morgan fingerprint density at radius 1 is 1.13 bits per heavy atom. The minimum absolute atomic E-state index is 0.0118. The van der Waals surface area contributed by atoms with E-state index in [0.717, 1.165) is 56.9 Å². The van der Waals surface area contributed by atoms with Crippen LogP contribution in [0, 0.1) is 17.4 Å². The van der Waals surface area contributed by atoms with Crippen molar-refractivity contribution in [3.63, 3.8) is 0 Å². The van der Waals surface area contributed by atoms with Crippen LogP contribution < -0.4 is 5.32 Å². The second-order valence-electron chi connectivity index (χ2n) is 8.25. The van der Waals surface area contributed by atoms with Gasteiger partial charge in [-0.25, -0.2) is 4.99 Å². The molecule has 1 aliphatic heterocycles. The maximum absolute atomic E-state index is 13.3. The molecule has 31 heavy (non-hydrogen) atoms. The van der Waals surface area contributed by atoms with Crippen LogP contribution in [0.5, 0.6) is 0 Å². The summed E-state index contributed by atoms with van der Waals surface area (Å²) in [4.78, 5) is 32.7. The number of rotatable bonds is 5. The number of carbonyl (C=O) groups excluding carboxylic acids is 2. The fraction of sp³-hybridized carbons (Fsp3) is 0.375. The van der Waals surface area contributed by atoms with Crippen molar-refractivity contribution in [1.29, 1.82) is 0 Å². The summed E-state index contributed by atoms with van der Waals surface area (Å²) in [5.74, 6) is -0.135. The van der Waals surface area contributed by atoms with Gasteiger partial charge in [-0.2, -0.15) is 0 Å². The Kier molecular flexibility index (Phi) is 7.01. The average Bonchev–Trinajstić information content (AvgIpc) is 3.31. The number of aliphatic imine (C=N–C) groups is 1. The van der Waals surface area contributed by atoms with Crippen LogP contribution in [-0.2, 0) is 9.59 Å². The molecule has 4 rings (SSSR count). The molecule has 1 heterocycles. The first-order valence-corrected chi connectivity index (χ1v) is 12.6. The maximum atomic E-state index is 13.3. The number of nitrogens with one attached hydrogen (secondary N) is 1. The molecule has 1 saturated carbocycles. The van der Waals surface area contributed by atoms with Crippen LogP contribution in [-0.4, -0.2) is 33.2 Å². The van der Waals surface area contributed by atoms with Crippen molar-refractivity contribution >= 4 is 62.7 Å². The van der Waals surface area contributed by atoms with Crippen molar-refractivity contribution in [2.45, 2.75) is 57.2 Å². The van der Waals surface area contributed by atoms with Gasteiger partial charge in [0.15, 0.2) is 5.17 Å². The number of nitrogens with zero attached hydrogens (tertiary/aromatic N) is 2. The predicted molar refractivity (Wildman–Crippen MR) is 136 cm³/mol. The van der Waals surface area contributed by atoms with Gasteiger partial charge in [-0.3, -0.25) is 14.5 Å². The van der Waals surface area contributed by atoms with Crippen LogP contribution in [0.2, 0.25) is 0 Å². The van der Waals surface area contributed by atoms with Crippen molar-refractivity contribution in [3.8, 4) is 0 Å². The van der Waals surface area contributed by atoms with Crippen LogP contribution in [0.3, 0.4) is 0 Å². The number of hydrogen-bond acceptors (Lipinski definition) is 4. The molecule has 1 unspecified atom stereocenters. The molecule has 1 atom stereocenters. The summed E-state index contributed by atoms with van der Waals surface area (Å²) < 4.78 is 1.11. The second-order valence-corrected chi connectivity index (χ2v) is 10.7. The Balaban J connectivity index is 1.54. The summed E-state index contributed by atoms with van der Waals surface area (Å²) >= 11 is 3.66. The molecule has 1 N–H and O–H groups in total. The molecule has 0 radical (unpaired) electrons. The molecule has 2 amide bonds. The minimum Gasteiger partial charge on any atom is -0.326 e.